The normalized spacial score (nSPS) is 15.6. The van der Waals surface area contributed by atoms with Gasteiger partial charge in [0.15, 0.2) is 6.29 Å². The molecule has 1 aliphatic rings. The van der Waals surface area contributed by atoms with Crippen molar-refractivity contribution in [1.29, 1.82) is 0 Å². The Balaban J connectivity index is 0.00000241. The largest absolute Gasteiger partial charge is 0.465 e. The Hall–Kier alpha value is -1.06. The highest BCUT2D eigenvalue weighted by molar-refractivity contribution is 5.29. The van der Waals surface area contributed by atoms with Crippen LogP contribution in [0.15, 0.2) is 24.3 Å². The van der Waals surface area contributed by atoms with E-state index in [0.717, 1.165) is 12.2 Å². The van der Waals surface area contributed by atoms with E-state index in [1.165, 1.54) is 63.4 Å². The van der Waals surface area contributed by atoms with Gasteiger partial charge in [0.05, 0.1) is 19.3 Å². The van der Waals surface area contributed by atoms with Gasteiger partial charge in [-0.25, -0.2) is 0 Å². The Kier molecular flexibility index (Phi) is 22.2. The molecular weight excluding hydrogens is 456 g/mol. The van der Waals surface area contributed by atoms with Gasteiger partial charge in [0.25, 0.3) is 0 Å². The molecule has 1 aromatic carbocycles. The second-order valence-electron chi connectivity index (χ2n) is 11.1. The zero-order valence-corrected chi connectivity index (χ0v) is 26.5. The molecule has 0 aliphatic heterocycles. The molecule has 3 nitrogen and oxygen atoms in total. The first-order chi connectivity index (χ1) is 17.9. The number of ether oxygens (including phenoxy) is 3. The maximum atomic E-state index is 6.39. The molecule has 1 saturated carbocycles. The average Bonchev–Trinajstić information content (AvgIpc) is 2.90. The van der Waals surface area contributed by atoms with E-state index >= 15 is 0 Å². The zero-order valence-electron chi connectivity index (χ0n) is 26.5. The van der Waals surface area contributed by atoms with Gasteiger partial charge in [0, 0.05) is 6.42 Å². The minimum Gasteiger partial charge on any atom is -0.465 e. The summed E-state index contributed by atoms with van der Waals surface area (Å²) in [7, 11) is 0. The molecule has 1 fully saturated rings. The van der Waals surface area contributed by atoms with Gasteiger partial charge in [-0.15, -0.1) is 0 Å². The third kappa shape index (κ3) is 15.8. The fraction of sp³-hybridized carbons (Fsp3) is 0.824. The van der Waals surface area contributed by atoms with Crippen molar-refractivity contribution in [2.75, 3.05) is 13.2 Å². The minimum atomic E-state index is -0.233. The molecule has 2 rings (SSSR count). The summed E-state index contributed by atoms with van der Waals surface area (Å²) in [6.07, 6.45) is 12.4. The molecule has 0 radical (unpaired) electrons. The number of hydrogen-bond acceptors (Lipinski definition) is 3. The first-order valence-corrected chi connectivity index (χ1v) is 15.9. The number of benzene rings is 1. The first kappa shape index (κ1) is 35.9. The Morgan fingerprint density at radius 1 is 0.811 bits per heavy atom. The van der Waals surface area contributed by atoms with E-state index in [2.05, 4.69) is 79.7 Å². The molecule has 0 saturated heterocycles. The predicted octanol–water partition coefficient (Wildman–Crippen LogP) is 10.8. The Morgan fingerprint density at radius 2 is 1.38 bits per heavy atom. The maximum absolute atomic E-state index is 6.39. The first-order valence-electron chi connectivity index (χ1n) is 15.9. The van der Waals surface area contributed by atoms with Crippen LogP contribution >= 0.6 is 0 Å². The van der Waals surface area contributed by atoms with Crippen LogP contribution in [0.5, 0.6) is 5.75 Å². The van der Waals surface area contributed by atoms with Crippen LogP contribution in [0.25, 0.3) is 0 Å². The zero-order chi connectivity index (χ0) is 28.1. The molecule has 0 amide bonds. The maximum Gasteiger partial charge on any atom is 0.200 e. The molecule has 0 spiro atoms. The van der Waals surface area contributed by atoms with Gasteiger partial charge < -0.3 is 14.2 Å². The van der Waals surface area contributed by atoms with Gasteiger partial charge >= 0.3 is 0 Å². The van der Waals surface area contributed by atoms with Gasteiger partial charge in [-0.05, 0) is 67.1 Å². The molecule has 0 aromatic heterocycles. The quantitative estimate of drug-likeness (QED) is 0.170. The van der Waals surface area contributed by atoms with Crippen LogP contribution in [0, 0.1) is 17.8 Å². The van der Waals surface area contributed by atoms with Crippen molar-refractivity contribution < 1.29 is 14.2 Å². The summed E-state index contributed by atoms with van der Waals surface area (Å²) in [6, 6.07) is 8.74. The van der Waals surface area contributed by atoms with Crippen LogP contribution in [-0.4, -0.2) is 25.6 Å². The number of rotatable bonds is 15. The molecular formula is C34H64O3. The molecule has 0 bridgehead atoms. The van der Waals surface area contributed by atoms with E-state index in [0.29, 0.717) is 43.0 Å². The second-order valence-corrected chi connectivity index (χ2v) is 11.1. The van der Waals surface area contributed by atoms with Crippen molar-refractivity contribution in [2.45, 2.75) is 152 Å². The standard InChI is InChI=1S/C29H50O3.C3H8.C2H6/c1-7-12-24(8-2)25-15-17-27(18-16-25)32-29(21-28(22(3)4)23(5)6)31-20-19-30-26-13-10-9-11-14-26;1-3-2;1-2/h15-18,22-24,26,28-29H,7-14,19-21H2,1-6H3;3H2,1-2H3;1-2H3. The molecule has 218 valence electrons. The molecule has 3 heteroatoms. The van der Waals surface area contributed by atoms with Crippen LogP contribution in [-0.2, 0) is 9.47 Å². The Bertz CT molecular complexity index is 596. The van der Waals surface area contributed by atoms with Crippen molar-refractivity contribution in [3.63, 3.8) is 0 Å². The van der Waals surface area contributed by atoms with Crippen molar-refractivity contribution in [3.05, 3.63) is 29.8 Å². The van der Waals surface area contributed by atoms with E-state index < -0.39 is 0 Å². The molecule has 1 aliphatic carbocycles. The lowest BCUT2D eigenvalue weighted by Crippen LogP contribution is -2.30. The van der Waals surface area contributed by atoms with E-state index in [4.69, 9.17) is 14.2 Å². The monoisotopic (exact) mass is 520 g/mol. The Labute approximate surface area is 232 Å². The summed E-state index contributed by atoms with van der Waals surface area (Å²) in [6.45, 7) is 23.3. The van der Waals surface area contributed by atoms with Crippen molar-refractivity contribution in [2.24, 2.45) is 17.8 Å². The van der Waals surface area contributed by atoms with Crippen molar-refractivity contribution in [3.8, 4) is 5.75 Å². The average molecular weight is 521 g/mol. The SMILES string of the molecule is CC.CCC.CCCC(CC)c1ccc(OC(CC(C(C)C)C(C)C)OCCOC2CCCCC2)cc1. The van der Waals surface area contributed by atoms with Gasteiger partial charge in [-0.3, -0.25) is 0 Å². The lowest BCUT2D eigenvalue weighted by atomic mass is 9.83. The third-order valence-electron chi connectivity index (χ3n) is 7.22. The van der Waals surface area contributed by atoms with E-state index in [1.54, 1.807) is 0 Å². The lowest BCUT2D eigenvalue weighted by Gasteiger charge is -2.30. The molecule has 1 aromatic rings. The fourth-order valence-electron chi connectivity index (χ4n) is 5.24. The van der Waals surface area contributed by atoms with Gasteiger partial charge in [-0.1, -0.05) is 113 Å². The highest BCUT2D eigenvalue weighted by atomic mass is 16.7. The summed E-state index contributed by atoms with van der Waals surface area (Å²) in [5.41, 5.74) is 1.42. The fourth-order valence-corrected chi connectivity index (χ4v) is 5.24. The summed E-state index contributed by atoms with van der Waals surface area (Å²) in [5.74, 6) is 3.32. The number of hydrogen-bond donors (Lipinski definition) is 0. The Morgan fingerprint density at radius 3 is 1.86 bits per heavy atom. The summed E-state index contributed by atoms with van der Waals surface area (Å²) in [4.78, 5) is 0. The van der Waals surface area contributed by atoms with E-state index in [-0.39, 0.29) is 6.29 Å². The summed E-state index contributed by atoms with van der Waals surface area (Å²) < 4.78 is 18.7. The van der Waals surface area contributed by atoms with Crippen molar-refractivity contribution >= 4 is 0 Å². The highest BCUT2D eigenvalue weighted by Crippen LogP contribution is 2.30. The van der Waals surface area contributed by atoms with Gasteiger partial charge in [0.2, 0.25) is 0 Å². The summed E-state index contributed by atoms with van der Waals surface area (Å²) in [5, 5.41) is 0. The lowest BCUT2D eigenvalue weighted by molar-refractivity contribution is -0.118. The highest BCUT2D eigenvalue weighted by Gasteiger charge is 2.24. The molecule has 2 unspecified atom stereocenters. The third-order valence-corrected chi connectivity index (χ3v) is 7.22. The van der Waals surface area contributed by atoms with E-state index in [1.807, 2.05) is 13.8 Å². The predicted molar refractivity (Wildman–Crippen MR) is 163 cm³/mol. The minimum absolute atomic E-state index is 0.233. The smallest absolute Gasteiger partial charge is 0.200 e. The van der Waals surface area contributed by atoms with Crippen LogP contribution in [0.4, 0.5) is 0 Å². The van der Waals surface area contributed by atoms with Crippen LogP contribution < -0.4 is 4.74 Å². The van der Waals surface area contributed by atoms with Crippen LogP contribution in [0.2, 0.25) is 0 Å². The summed E-state index contributed by atoms with van der Waals surface area (Å²) >= 11 is 0. The molecule has 37 heavy (non-hydrogen) atoms. The van der Waals surface area contributed by atoms with E-state index in [9.17, 15) is 0 Å². The molecule has 0 N–H and O–H groups in total. The van der Waals surface area contributed by atoms with Gasteiger partial charge in [-0.2, -0.15) is 0 Å². The van der Waals surface area contributed by atoms with Crippen LogP contribution in [0.3, 0.4) is 0 Å². The second kappa shape index (κ2) is 22.9. The molecule has 2 atom stereocenters. The van der Waals surface area contributed by atoms with Crippen LogP contribution in [0.1, 0.15) is 145 Å². The van der Waals surface area contributed by atoms with Gasteiger partial charge in [0.1, 0.15) is 5.75 Å². The van der Waals surface area contributed by atoms with Crippen molar-refractivity contribution in [1.82, 2.24) is 0 Å². The topological polar surface area (TPSA) is 27.7 Å². The molecule has 0 heterocycles.